The first-order valence-corrected chi connectivity index (χ1v) is 10.5. The fourth-order valence-corrected chi connectivity index (χ4v) is 2.82. The van der Waals surface area contributed by atoms with Gasteiger partial charge in [0.15, 0.2) is 0 Å². The number of carboxylic acid groups (broad SMARTS) is 2. The first-order chi connectivity index (χ1) is 14.8. The van der Waals surface area contributed by atoms with Crippen molar-refractivity contribution < 1.29 is 39.3 Å². The molecule has 0 radical (unpaired) electrons. The molecule has 0 bridgehead atoms. The smallest absolute Gasteiger partial charge is 0.326 e. The summed E-state index contributed by atoms with van der Waals surface area (Å²) >= 11 is 0. The third-order valence-electron chi connectivity index (χ3n) is 4.48. The van der Waals surface area contributed by atoms with E-state index in [4.69, 9.17) is 10.8 Å². The van der Waals surface area contributed by atoms with E-state index in [2.05, 4.69) is 16.0 Å². The van der Waals surface area contributed by atoms with Crippen LogP contribution in [0.1, 0.15) is 53.4 Å². The average Bonchev–Trinajstić information content (AvgIpc) is 2.67. The number of rotatable bonds is 15. The maximum Gasteiger partial charge on any atom is 0.326 e. The predicted molar refractivity (Wildman–Crippen MR) is 114 cm³/mol. The molecule has 0 aromatic rings. The zero-order valence-corrected chi connectivity index (χ0v) is 19.0. The van der Waals surface area contributed by atoms with Gasteiger partial charge < -0.3 is 37.0 Å². The molecule has 0 aliphatic rings. The highest BCUT2D eigenvalue weighted by Crippen LogP contribution is 2.09. The Morgan fingerprint density at radius 3 is 1.62 bits per heavy atom. The second kappa shape index (κ2) is 14.4. The molecule has 0 aromatic heterocycles. The van der Waals surface area contributed by atoms with Crippen molar-refractivity contribution in [1.82, 2.24) is 16.0 Å². The van der Waals surface area contributed by atoms with Crippen LogP contribution in [0.2, 0.25) is 0 Å². The third kappa shape index (κ3) is 11.6. The topological polar surface area (TPSA) is 208 Å². The van der Waals surface area contributed by atoms with E-state index in [0.717, 1.165) is 0 Å². The number of aliphatic carboxylic acids is 2. The van der Waals surface area contributed by atoms with Gasteiger partial charge in [0.1, 0.15) is 18.1 Å². The molecule has 0 rings (SSSR count). The van der Waals surface area contributed by atoms with Crippen LogP contribution in [-0.2, 0) is 24.0 Å². The summed E-state index contributed by atoms with van der Waals surface area (Å²) in [6.45, 7) is 6.45. The first-order valence-electron chi connectivity index (χ1n) is 10.5. The van der Waals surface area contributed by atoms with E-state index in [1.165, 1.54) is 0 Å². The van der Waals surface area contributed by atoms with Crippen molar-refractivity contribution >= 4 is 29.7 Å². The summed E-state index contributed by atoms with van der Waals surface area (Å²) in [6.07, 6.45) is -0.114. The summed E-state index contributed by atoms with van der Waals surface area (Å²) in [5, 5.41) is 34.6. The Hall–Kier alpha value is -2.73. The number of carbonyl (C=O) groups excluding carboxylic acids is 3. The van der Waals surface area contributed by atoms with E-state index in [0.29, 0.717) is 0 Å². The lowest BCUT2D eigenvalue weighted by Gasteiger charge is -2.25. The predicted octanol–water partition coefficient (Wildman–Crippen LogP) is -1.20. The van der Waals surface area contributed by atoms with E-state index >= 15 is 0 Å². The minimum atomic E-state index is -1.42. The molecule has 0 heterocycles. The lowest BCUT2D eigenvalue weighted by Crippen LogP contribution is -2.58. The van der Waals surface area contributed by atoms with Crippen LogP contribution in [0.25, 0.3) is 0 Å². The van der Waals surface area contributed by atoms with Crippen LogP contribution >= 0.6 is 0 Å². The number of hydrogen-bond donors (Lipinski definition) is 7. The number of carbonyl (C=O) groups is 5. The van der Waals surface area contributed by atoms with Gasteiger partial charge in [-0.2, -0.15) is 0 Å². The molecule has 8 N–H and O–H groups in total. The van der Waals surface area contributed by atoms with Crippen molar-refractivity contribution in [2.24, 2.45) is 17.6 Å². The van der Waals surface area contributed by atoms with Gasteiger partial charge in [0, 0.05) is 6.42 Å². The quantitative estimate of drug-likeness (QED) is 0.156. The summed E-state index contributed by atoms with van der Waals surface area (Å²) in [6, 6.07) is -4.85. The zero-order valence-electron chi connectivity index (χ0n) is 19.0. The minimum absolute atomic E-state index is 0.00820. The molecule has 12 heteroatoms. The Kier molecular flexibility index (Phi) is 13.1. The summed E-state index contributed by atoms with van der Waals surface area (Å²) in [4.78, 5) is 59.4. The molecule has 0 aliphatic carbocycles. The number of amides is 3. The minimum Gasteiger partial charge on any atom is -0.481 e. The third-order valence-corrected chi connectivity index (χ3v) is 4.48. The molecule has 4 unspecified atom stereocenters. The molecule has 32 heavy (non-hydrogen) atoms. The molecular formula is C20H36N4O8. The normalized spacial score (nSPS) is 14.9. The molecule has 0 saturated heterocycles. The van der Waals surface area contributed by atoms with E-state index < -0.39 is 60.4 Å². The van der Waals surface area contributed by atoms with Crippen LogP contribution in [0.4, 0.5) is 0 Å². The number of nitrogens with one attached hydrogen (secondary N) is 3. The Bertz CT molecular complexity index is 668. The van der Waals surface area contributed by atoms with Crippen molar-refractivity contribution in [2.75, 3.05) is 6.61 Å². The van der Waals surface area contributed by atoms with Crippen LogP contribution < -0.4 is 21.7 Å². The molecule has 0 spiro atoms. The van der Waals surface area contributed by atoms with Gasteiger partial charge in [-0.25, -0.2) is 4.79 Å². The highest BCUT2D eigenvalue weighted by atomic mass is 16.4. The van der Waals surface area contributed by atoms with Crippen molar-refractivity contribution in [1.29, 1.82) is 0 Å². The van der Waals surface area contributed by atoms with Crippen LogP contribution in [0.3, 0.4) is 0 Å². The number of nitrogens with two attached hydrogens (primary N) is 1. The number of carboxylic acids is 2. The van der Waals surface area contributed by atoms with Crippen LogP contribution in [0.15, 0.2) is 0 Å². The second-order valence-electron chi connectivity index (χ2n) is 8.50. The monoisotopic (exact) mass is 460 g/mol. The summed E-state index contributed by atoms with van der Waals surface area (Å²) in [5.41, 5.74) is 5.60. The molecule has 184 valence electrons. The fourth-order valence-electron chi connectivity index (χ4n) is 2.82. The maximum atomic E-state index is 12.7. The summed E-state index contributed by atoms with van der Waals surface area (Å²) in [7, 11) is 0. The molecule has 4 atom stereocenters. The highest BCUT2D eigenvalue weighted by molar-refractivity contribution is 5.94. The van der Waals surface area contributed by atoms with Gasteiger partial charge in [-0.3, -0.25) is 19.2 Å². The molecule has 0 fully saturated rings. The largest absolute Gasteiger partial charge is 0.481 e. The van der Waals surface area contributed by atoms with Crippen LogP contribution in [-0.4, -0.2) is 75.8 Å². The van der Waals surface area contributed by atoms with Gasteiger partial charge in [-0.1, -0.05) is 27.7 Å². The Labute approximate surface area is 187 Å². The Balaban J connectivity index is 5.23. The molecule has 0 saturated carbocycles. The van der Waals surface area contributed by atoms with Gasteiger partial charge >= 0.3 is 11.9 Å². The summed E-state index contributed by atoms with van der Waals surface area (Å²) in [5.74, 6) is -4.74. The lowest BCUT2D eigenvalue weighted by atomic mass is 10.00. The standard InChI is InChI=1S/C20H36N4O8/c1-10(2)7-13(18(29)23-14(20(31)32)8-11(3)4)22-19(30)15(9-25)24-17(28)12(21)5-6-16(26)27/h10-15,25H,5-9,21H2,1-4H3,(H,22,30)(H,23,29)(H,24,28)(H,26,27)(H,31,32). The molecule has 0 aromatic carbocycles. The van der Waals surface area contributed by atoms with E-state index in [-0.39, 0.29) is 37.5 Å². The number of aliphatic hydroxyl groups is 1. The first kappa shape index (κ1) is 29.3. The Morgan fingerprint density at radius 2 is 1.19 bits per heavy atom. The van der Waals surface area contributed by atoms with Crippen LogP contribution in [0, 0.1) is 11.8 Å². The van der Waals surface area contributed by atoms with Gasteiger partial charge in [-0.15, -0.1) is 0 Å². The molecule has 3 amide bonds. The number of aliphatic hydroxyl groups excluding tert-OH is 1. The maximum absolute atomic E-state index is 12.7. The van der Waals surface area contributed by atoms with Gasteiger partial charge in [0.05, 0.1) is 12.6 Å². The SMILES string of the molecule is CC(C)CC(NC(=O)C(CC(C)C)NC(=O)C(CO)NC(=O)C(N)CCC(=O)O)C(=O)O. The second-order valence-corrected chi connectivity index (χ2v) is 8.50. The fraction of sp³-hybridized carbons (Fsp3) is 0.750. The highest BCUT2D eigenvalue weighted by Gasteiger charge is 2.30. The number of hydrogen-bond acceptors (Lipinski definition) is 7. The summed E-state index contributed by atoms with van der Waals surface area (Å²) < 4.78 is 0. The van der Waals surface area contributed by atoms with Gasteiger partial charge in [0.2, 0.25) is 17.7 Å². The zero-order chi connectivity index (χ0) is 25.0. The molecule has 12 nitrogen and oxygen atoms in total. The molecular weight excluding hydrogens is 424 g/mol. The van der Waals surface area contributed by atoms with Gasteiger partial charge in [0.25, 0.3) is 0 Å². The van der Waals surface area contributed by atoms with Crippen molar-refractivity contribution in [3.05, 3.63) is 0 Å². The van der Waals surface area contributed by atoms with Crippen molar-refractivity contribution in [2.45, 2.75) is 77.5 Å². The van der Waals surface area contributed by atoms with E-state index in [9.17, 15) is 34.2 Å². The van der Waals surface area contributed by atoms with E-state index in [1.54, 1.807) is 0 Å². The van der Waals surface area contributed by atoms with E-state index in [1.807, 2.05) is 27.7 Å². The van der Waals surface area contributed by atoms with Crippen molar-refractivity contribution in [3.8, 4) is 0 Å². The van der Waals surface area contributed by atoms with Gasteiger partial charge in [-0.05, 0) is 31.1 Å². The Morgan fingerprint density at radius 1 is 0.750 bits per heavy atom. The lowest BCUT2D eigenvalue weighted by molar-refractivity contribution is -0.143. The molecule has 0 aliphatic heterocycles. The van der Waals surface area contributed by atoms with Crippen molar-refractivity contribution in [3.63, 3.8) is 0 Å². The van der Waals surface area contributed by atoms with Crippen LogP contribution in [0.5, 0.6) is 0 Å². The average molecular weight is 461 g/mol.